The fourth-order valence-corrected chi connectivity index (χ4v) is 4.05. The summed E-state index contributed by atoms with van der Waals surface area (Å²) in [6, 6.07) is 28.1. The number of rotatable bonds is 7. The molecule has 5 nitrogen and oxygen atoms in total. The van der Waals surface area contributed by atoms with Crippen molar-refractivity contribution in [2.24, 2.45) is 0 Å². The molecule has 1 heterocycles. The normalized spacial score (nSPS) is 14.4. The number of carbonyl (C=O) groups is 2. The number of amides is 1. The average Bonchev–Trinajstić information content (AvgIpc) is 2.84. The Labute approximate surface area is 182 Å². The molecule has 31 heavy (non-hydrogen) atoms. The van der Waals surface area contributed by atoms with E-state index in [1.54, 1.807) is 24.3 Å². The predicted molar refractivity (Wildman–Crippen MR) is 120 cm³/mol. The van der Waals surface area contributed by atoms with Crippen LogP contribution in [0.4, 0.5) is 0 Å². The molecule has 0 saturated carbocycles. The van der Waals surface area contributed by atoms with E-state index in [0.717, 1.165) is 19.4 Å². The summed E-state index contributed by atoms with van der Waals surface area (Å²) in [5.74, 6) is 0.383. The van der Waals surface area contributed by atoms with Gasteiger partial charge in [-0.25, -0.2) is 0 Å². The maximum absolute atomic E-state index is 12.7. The summed E-state index contributed by atoms with van der Waals surface area (Å²) in [7, 11) is 0. The largest absolute Gasteiger partial charge is 0.483 e. The maximum atomic E-state index is 12.7. The SMILES string of the molecule is O=Cc1ccccc1OCC(=O)N1CCN(C(c2ccccc2)c2ccccc2)CC1. The highest BCUT2D eigenvalue weighted by Crippen LogP contribution is 2.29. The summed E-state index contributed by atoms with van der Waals surface area (Å²) in [4.78, 5) is 28.1. The highest BCUT2D eigenvalue weighted by Gasteiger charge is 2.28. The molecular formula is C26H26N2O3. The van der Waals surface area contributed by atoms with Gasteiger partial charge in [0.15, 0.2) is 12.9 Å². The number of ether oxygens (including phenoxy) is 1. The van der Waals surface area contributed by atoms with Gasteiger partial charge in [-0.2, -0.15) is 0 Å². The monoisotopic (exact) mass is 414 g/mol. The second kappa shape index (κ2) is 10.0. The fourth-order valence-electron chi connectivity index (χ4n) is 4.05. The van der Waals surface area contributed by atoms with Crippen molar-refractivity contribution in [1.29, 1.82) is 0 Å². The molecule has 0 radical (unpaired) electrons. The summed E-state index contributed by atoms with van der Waals surface area (Å²) in [5, 5.41) is 0. The summed E-state index contributed by atoms with van der Waals surface area (Å²) in [6.07, 6.45) is 0.742. The first-order valence-corrected chi connectivity index (χ1v) is 10.5. The minimum Gasteiger partial charge on any atom is -0.483 e. The van der Waals surface area contributed by atoms with Gasteiger partial charge in [0, 0.05) is 26.2 Å². The van der Waals surface area contributed by atoms with E-state index in [4.69, 9.17) is 4.74 Å². The van der Waals surface area contributed by atoms with Crippen LogP contribution in [-0.2, 0) is 4.79 Å². The molecule has 1 saturated heterocycles. The molecule has 1 fully saturated rings. The minimum atomic E-state index is -0.0638. The van der Waals surface area contributed by atoms with E-state index in [1.165, 1.54) is 11.1 Å². The number of hydrogen-bond donors (Lipinski definition) is 0. The van der Waals surface area contributed by atoms with Crippen LogP contribution in [0.3, 0.4) is 0 Å². The van der Waals surface area contributed by atoms with Crippen molar-refractivity contribution in [2.45, 2.75) is 6.04 Å². The van der Waals surface area contributed by atoms with Crippen molar-refractivity contribution in [1.82, 2.24) is 9.80 Å². The van der Waals surface area contributed by atoms with Gasteiger partial charge in [0.05, 0.1) is 11.6 Å². The highest BCUT2D eigenvalue weighted by molar-refractivity contribution is 5.81. The van der Waals surface area contributed by atoms with Gasteiger partial charge in [-0.1, -0.05) is 72.8 Å². The van der Waals surface area contributed by atoms with E-state index in [2.05, 4.69) is 53.4 Å². The Hall–Kier alpha value is -3.44. The van der Waals surface area contributed by atoms with E-state index < -0.39 is 0 Å². The van der Waals surface area contributed by atoms with Crippen LogP contribution in [0.1, 0.15) is 27.5 Å². The van der Waals surface area contributed by atoms with Crippen molar-refractivity contribution in [2.75, 3.05) is 32.8 Å². The molecule has 3 aromatic carbocycles. The molecule has 0 bridgehead atoms. The van der Waals surface area contributed by atoms with Gasteiger partial charge in [-0.3, -0.25) is 14.5 Å². The fraction of sp³-hybridized carbons (Fsp3) is 0.231. The molecule has 0 aromatic heterocycles. The van der Waals surface area contributed by atoms with Gasteiger partial charge in [0.2, 0.25) is 0 Å². The number of hydrogen-bond acceptors (Lipinski definition) is 4. The van der Waals surface area contributed by atoms with Gasteiger partial charge < -0.3 is 9.64 Å². The Morgan fingerprint density at radius 3 is 1.94 bits per heavy atom. The van der Waals surface area contributed by atoms with Gasteiger partial charge >= 0.3 is 0 Å². The standard InChI is InChI=1S/C26H26N2O3/c29-19-23-13-7-8-14-24(23)31-20-25(30)27-15-17-28(18-16-27)26(21-9-3-1-4-10-21)22-11-5-2-6-12-22/h1-14,19,26H,15-18,20H2. The van der Waals surface area contributed by atoms with Crippen molar-refractivity contribution < 1.29 is 14.3 Å². The first-order chi connectivity index (χ1) is 15.3. The Morgan fingerprint density at radius 2 is 1.35 bits per heavy atom. The van der Waals surface area contributed by atoms with E-state index in [-0.39, 0.29) is 18.6 Å². The van der Waals surface area contributed by atoms with Crippen LogP contribution in [-0.4, -0.2) is 54.8 Å². The van der Waals surface area contributed by atoms with E-state index in [9.17, 15) is 9.59 Å². The molecule has 0 N–H and O–H groups in total. The number of nitrogens with zero attached hydrogens (tertiary/aromatic N) is 2. The van der Waals surface area contributed by atoms with E-state index in [1.807, 2.05) is 17.0 Å². The third kappa shape index (κ3) is 5.01. The third-order valence-corrected chi connectivity index (χ3v) is 5.66. The highest BCUT2D eigenvalue weighted by atomic mass is 16.5. The Kier molecular flexibility index (Phi) is 6.75. The smallest absolute Gasteiger partial charge is 0.260 e. The van der Waals surface area contributed by atoms with Crippen LogP contribution in [0.15, 0.2) is 84.9 Å². The van der Waals surface area contributed by atoms with Crippen molar-refractivity contribution >= 4 is 12.2 Å². The van der Waals surface area contributed by atoms with Gasteiger partial charge in [-0.15, -0.1) is 0 Å². The number of aldehydes is 1. The molecule has 158 valence electrons. The lowest BCUT2D eigenvalue weighted by Gasteiger charge is -2.39. The summed E-state index contributed by atoms with van der Waals surface area (Å²) < 4.78 is 5.62. The molecule has 0 aliphatic carbocycles. The van der Waals surface area contributed by atoms with Crippen LogP contribution < -0.4 is 4.74 Å². The quantitative estimate of drug-likeness (QED) is 0.552. The third-order valence-electron chi connectivity index (χ3n) is 5.66. The molecule has 1 aliphatic rings. The van der Waals surface area contributed by atoms with Crippen molar-refractivity contribution in [3.63, 3.8) is 0 Å². The molecule has 0 spiro atoms. The predicted octanol–water partition coefficient (Wildman–Crippen LogP) is 3.81. The molecule has 0 atom stereocenters. The maximum Gasteiger partial charge on any atom is 0.260 e. The van der Waals surface area contributed by atoms with Gasteiger partial charge in [-0.05, 0) is 23.3 Å². The number of carbonyl (C=O) groups excluding carboxylic acids is 2. The summed E-state index contributed by atoms with van der Waals surface area (Å²) >= 11 is 0. The van der Waals surface area contributed by atoms with Crippen molar-refractivity contribution in [3.05, 3.63) is 102 Å². The minimum absolute atomic E-state index is 0.0590. The number of para-hydroxylation sites is 1. The first-order valence-electron chi connectivity index (χ1n) is 10.5. The first kappa shape index (κ1) is 20.8. The molecular weight excluding hydrogens is 388 g/mol. The lowest BCUT2D eigenvalue weighted by Crippen LogP contribution is -2.51. The Morgan fingerprint density at radius 1 is 0.806 bits per heavy atom. The van der Waals surface area contributed by atoms with Crippen LogP contribution in [0.5, 0.6) is 5.75 Å². The summed E-state index contributed by atoms with van der Waals surface area (Å²) in [6.45, 7) is 2.79. The summed E-state index contributed by atoms with van der Waals surface area (Å²) in [5.41, 5.74) is 2.96. The lowest BCUT2D eigenvalue weighted by atomic mass is 9.96. The second-order valence-electron chi connectivity index (χ2n) is 7.59. The van der Waals surface area contributed by atoms with E-state index in [0.29, 0.717) is 24.4 Å². The van der Waals surface area contributed by atoms with Crippen LogP contribution in [0.2, 0.25) is 0 Å². The van der Waals surface area contributed by atoms with E-state index >= 15 is 0 Å². The molecule has 1 amide bonds. The average molecular weight is 415 g/mol. The molecule has 4 rings (SSSR count). The van der Waals surface area contributed by atoms with Crippen LogP contribution in [0, 0.1) is 0 Å². The van der Waals surface area contributed by atoms with Crippen molar-refractivity contribution in [3.8, 4) is 5.75 Å². The van der Waals surface area contributed by atoms with Crippen LogP contribution in [0.25, 0.3) is 0 Å². The van der Waals surface area contributed by atoms with Gasteiger partial charge in [0.1, 0.15) is 5.75 Å². The zero-order valence-corrected chi connectivity index (χ0v) is 17.4. The zero-order valence-electron chi connectivity index (χ0n) is 17.4. The lowest BCUT2D eigenvalue weighted by molar-refractivity contribution is -0.135. The Bertz CT molecular complexity index is 960. The molecule has 0 unspecified atom stereocenters. The number of benzene rings is 3. The zero-order chi connectivity index (χ0) is 21.5. The topological polar surface area (TPSA) is 49.9 Å². The second-order valence-corrected chi connectivity index (χ2v) is 7.59. The van der Waals surface area contributed by atoms with Crippen LogP contribution >= 0.6 is 0 Å². The van der Waals surface area contributed by atoms with Gasteiger partial charge in [0.25, 0.3) is 5.91 Å². The number of piperazine rings is 1. The Balaban J connectivity index is 1.39. The molecule has 3 aromatic rings. The molecule has 5 heteroatoms. The molecule has 1 aliphatic heterocycles.